The summed E-state index contributed by atoms with van der Waals surface area (Å²) in [4.78, 5) is 18.4. The lowest BCUT2D eigenvalue weighted by Crippen LogP contribution is -2.32. The molecule has 0 amide bonds. The second kappa shape index (κ2) is 11.5. The molecule has 8 heteroatoms. The molecule has 0 fully saturated rings. The number of tetrazole rings is 1. The maximum Gasteiger partial charge on any atom is 0.252 e. The van der Waals surface area contributed by atoms with Crippen molar-refractivity contribution in [3.05, 3.63) is 123 Å². The Morgan fingerprint density at radius 1 is 0.974 bits per heavy atom. The number of aromatic amines is 1. The summed E-state index contributed by atoms with van der Waals surface area (Å²) in [5, 5.41) is 13.7. The molecule has 0 radical (unpaired) electrons. The van der Waals surface area contributed by atoms with Crippen molar-refractivity contribution in [3.8, 4) is 0 Å². The number of aryl methyl sites for hydroxylation is 3. The van der Waals surface area contributed by atoms with Gasteiger partial charge in [0.25, 0.3) is 5.56 Å². The van der Waals surface area contributed by atoms with Crippen molar-refractivity contribution >= 4 is 10.9 Å². The van der Waals surface area contributed by atoms with Crippen LogP contribution in [-0.2, 0) is 26.1 Å². The summed E-state index contributed by atoms with van der Waals surface area (Å²) in [5.41, 5.74) is 4.58. The highest BCUT2D eigenvalue weighted by atomic mass is 19.1. The third-order valence-electron chi connectivity index (χ3n) is 6.98. The molecule has 1 N–H and O–H groups in total. The number of aromatic nitrogens is 5. The molecule has 0 bridgehead atoms. The number of hydrogen-bond donors (Lipinski definition) is 1. The van der Waals surface area contributed by atoms with Crippen LogP contribution in [-0.4, -0.2) is 30.1 Å². The molecule has 1 atom stereocenters. The number of benzene rings is 3. The van der Waals surface area contributed by atoms with Gasteiger partial charge in [-0.15, -0.1) is 5.10 Å². The predicted octanol–water partition coefficient (Wildman–Crippen LogP) is 5.36. The van der Waals surface area contributed by atoms with Gasteiger partial charge in [-0.2, -0.15) is 0 Å². The zero-order valence-corrected chi connectivity index (χ0v) is 21.6. The molecule has 2 heterocycles. The van der Waals surface area contributed by atoms with Crippen molar-refractivity contribution in [1.29, 1.82) is 0 Å². The summed E-state index contributed by atoms with van der Waals surface area (Å²) < 4.78 is 15.5. The summed E-state index contributed by atoms with van der Waals surface area (Å²) >= 11 is 0. The molecule has 38 heavy (non-hydrogen) atoms. The monoisotopic (exact) mass is 510 g/mol. The highest BCUT2D eigenvalue weighted by molar-refractivity contribution is 5.81. The first kappa shape index (κ1) is 25.5. The molecule has 194 valence electrons. The van der Waals surface area contributed by atoms with Crippen molar-refractivity contribution in [2.45, 2.75) is 52.4 Å². The van der Waals surface area contributed by atoms with Gasteiger partial charge in [-0.3, -0.25) is 9.69 Å². The molecular formula is C30H31FN6O. The first-order valence-electron chi connectivity index (χ1n) is 12.9. The van der Waals surface area contributed by atoms with Crippen LogP contribution in [0.2, 0.25) is 0 Å². The fourth-order valence-electron chi connectivity index (χ4n) is 4.96. The predicted molar refractivity (Wildman–Crippen MR) is 146 cm³/mol. The Labute approximate surface area is 220 Å². The molecule has 0 unspecified atom stereocenters. The lowest BCUT2D eigenvalue weighted by atomic mass is 10.1. The van der Waals surface area contributed by atoms with Crippen LogP contribution in [0, 0.1) is 12.7 Å². The summed E-state index contributed by atoms with van der Waals surface area (Å²) in [6.45, 7) is 5.62. The van der Waals surface area contributed by atoms with E-state index in [1.54, 1.807) is 12.1 Å². The Balaban J connectivity index is 1.48. The normalized spacial score (nSPS) is 12.3. The molecule has 0 spiro atoms. The fraction of sp³-hybridized carbons (Fsp3) is 0.267. The minimum absolute atomic E-state index is 0.116. The van der Waals surface area contributed by atoms with Crippen LogP contribution < -0.4 is 5.56 Å². The minimum atomic E-state index is -0.279. The van der Waals surface area contributed by atoms with Crippen LogP contribution in [0.1, 0.15) is 47.5 Å². The molecule has 2 aromatic heterocycles. The number of nitrogens with zero attached hydrogens (tertiary/aromatic N) is 5. The number of fused-ring (bicyclic) bond motifs is 1. The largest absolute Gasteiger partial charge is 0.321 e. The van der Waals surface area contributed by atoms with Gasteiger partial charge in [0.2, 0.25) is 0 Å². The highest BCUT2D eigenvalue weighted by Crippen LogP contribution is 2.27. The van der Waals surface area contributed by atoms with Crippen LogP contribution in [0.4, 0.5) is 4.39 Å². The van der Waals surface area contributed by atoms with E-state index in [1.165, 1.54) is 17.7 Å². The molecule has 5 aromatic rings. The number of para-hydroxylation sites is 1. The third kappa shape index (κ3) is 5.70. The highest BCUT2D eigenvalue weighted by Gasteiger charge is 2.26. The molecule has 0 aliphatic carbocycles. The SMILES string of the molecule is CC[C@H](c1nnnn1CCc1ccccc1)N(Cc1ccc(F)cc1)Cc1cc2cccc(C)c2[nH]c1=O. The van der Waals surface area contributed by atoms with Crippen molar-refractivity contribution in [3.63, 3.8) is 0 Å². The molecule has 0 saturated heterocycles. The van der Waals surface area contributed by atoms with E-state index in [4.69, 9.17) is 0 Å². The zero-order chi connectivity index (χ0) is 26.5. The van der Waals surface area contributed by atoms with E-state index in [1.807, 2.05) is 54.1 Å². The van der Waals surface area contributed by atoms with Gasteiger partial charge in [-0.25, -0.2) is 9.07 Å². The van der Waals surface area contributed by atoms with Crippen LogP contribution in [0.5, 0.6) is 0 Å². The molecule has 3 aromatic carbocycles. The maximum absolute atomic E-state index is 13.6. The van der Waals surface area contributed by atoms with Gasteiger partial charge in [0.05, 0.1) is 11.6 Å². The number of pyridine rings is 1. The van der Waals surface area contributed by atoms with Gasteiger partial charge in [-0.05, 0) is 70.5 Å². The van der Waals surface area contributed by atoms with Crippen LogP contribution in [0.15, 0.2) is 83.7 Å². The van der Waals surface area contributed by atoms with E-state index >= 15 is 0 Å². The molecule has 0 saturated carbocycles. The average Bonchev–Trinajstić information content (AvgIpc) is 3.39. The van der Waals surface area contributed by atoms with Crippen molar-refractivity contribution in [2.24, 2.45) is 0 Å². The molecule has 0 aliphatic heterocycles. The van der Waals surface area contributed by atoms with Gasteiger partial charge in [0.15, 0.2) is 5.82 Å². The quantitative estimate of drug-likeness (QED) is 0.274. The van der Waals surface area contributed by atoms with Crippen molar-refractivity contribution in [2.75, 3.05) is 0 Å². The Bertz CT molecular complexity index is 1560. The van der Waals surface area contributed by atoms with E-state index in [-0.39, 0.29) is 17.4 Å². The van der Waals surface area contributed by atoms with Gasteiger partial charge in [-0.1, -0.05) is 67.6 Å². The number of H-pyrrole nitrogens is 1. The molecular weight excluding hydrogens is 479 g/mol. The van der Waals surface area contributed by atoms with E-state index in [0.29, 0.717) is 25.2 Å². The van der Waals surface area contributed by atoms with Crippen LogP contribution in [0.25, 0.3) is 10.9 Å². The van der Waals surface area contributed by atoms with Crippen LogP contribution >= 0.6 is 0 Å². The summed E-state index contributed by atoms with van der Waals surface area (Å²) in [6, 6.07) is 24.5. The number of nitrogens with one attached hydrogen (secondary N) is 1. The fourth-order valence-corrected chi connectivity index (χ4v) is 4.96. The topological polar surface area (TPSA) is 79.7 Å². The smallest absolute Gasteiger partial charge is 0.252 e. The van der Waals surface area contributed by atoms with E-state index in [2.05, 4.69) is 44.5 Å². The van der Waals surface area contributed by atoms with Gasteiger partial charge in [0, 0.05) is 25.2 Å². The van der Waals surface area contributed by atoms with E-state index in [0.717, 1.165) is 40.7 Å². The Morgan fingerprint density at radius 2 is 1.76 bits per heavy atom. The molecule has 5 rings (SSSR count). The lowest BCUT2D eigenvalue weighted by molar-refractivity contribution is 0.160. The second-order valence-electron chi connectivity index (χ2n) is 9.61. The Hall–Kier alpha value is -4.17. The Morgan fingerprint density at radius 3 is 2.53 bits per heavy atom. The minimum Gasteiger partial charge on any atom is -0.321 e. The summed E-state index contributed by atoms with van der Waals surface area (Å²) in [6.07, 6.45) is 1.54. The Kier molecular flexibility index (Phi) is 7.70. The maximum atomic E-state index is 13.6. The third-order valence-corrected chi connectivity index (χ3v) is 6.98. The molecule has 7 nitrogen and oxygen atoms in total. The zero-order valence-electron chi connectivity index (χ0n) is 21.6. The van der Waals surface area contributed by atoms with Gasteiger partial charge in [0.1, 0.15) is 5.82 Å². The van der Waals surface area contributed by atoms with Crippen molar-refractivity contribution in [1.82, 2.24) is 30.1 Å². The van der Waals surface area contributed by atoms with Gasteiger partial charge >= 0.3 is 0 Å². The number of hydrogen-bond acceptors (Lipinski definition) is 5. The first-order chi connectivity index (χ1) is 18.5. The molecule has 0 aliphatic rings. The number of rotatable bonds is 10. The van der Waals surface area contributed by atoms with E-state index < -0.39 is 0 Å². The average molecular weight is 511 g/mol. The second-order valence-corrected chi connectivity index (χ2v) is 9.61. The van der Waals surface area contributed by atoms with Gasteiger partial charge < -0.3 is 4.98 Å². The van der Waals surface area contributed by atoms with Crippen LogP contribution in [0.3, 0.4) is 0 Å². The first-order valence-corrected chi connectivity index (χ1v) is 12.9. The van der Waals surface area contributed by atoms with Crippen molar-refractivity contribution < 1.29 is 4.39 Å². The number of halogens is 1. The standard InChI is InChI=1S/C30H31FN6O/c1-3-27(29-33-34-35-37(29)17-16-22-9-5-4-6-10-22)36(19-23-12-14-26(31)15-13-23)20-25-18-24-11-7-8-21(2)28(24)32-30(25)38/h4-15,18,27H,3,16-17,19-20H2,1-2H3,(H,32,38)/t27-/m1/s1. The summed E-state index contributed by atoms with van der Waals surface area (Å²) in [7, 11) is 0. The summed E-state index contributed by atoms with van der Waals surface area (Å²) in [5.74, 6) is 0.470. The lowest BCUT2D eigenvalue weighted by Gasteiger charge is -2.30. The van der Waals surface area contributed by atoms with E-state index in [9.17, 15) is 9.18 Å².